The maximum atomic E-state index is 4.80. The van der Waals surface area contributed by atoms with Crippen molar-refractivity contribution in [3.63, 3.8) is 0 Å². The minimum Gasteiger partial charge on any atom is -0.313 e. The summed E-state index contributed by atoms with van der Waals surface area (Å²) in [6, 6.07) is 9.02. The lowest BCUT2D eigenvalue weighted by Gasteiger charge is -2.17. The fraction of sp³-hybridized carbons (Fsp3) is 0.471. The molecule has 20 heavy (non-hydrogen) atoms. The van der Waals surface area contributed by atoms with Crippen molar-refractivity contribution in [1.82, 2.24) is 10.3 Å². The summed E-state index contributed by atoms with van der Waals surface area (Å²) in [5, 5.41) is 6.81. The molecule has 0 saturated heterocycles. The molecule has 0 spiro atoms. The van der Waals surface area contributed by atoms with E-state index in [1.54, 1.807) is 11.3 Å². The molecule has 2 rings (SSSR count). The lowest BCUT2D eigenvalue weighted by molar-refractivity contribution is 0.560. The first-order chi connectivity index (χ1) is 9.40. The molecule has 0 aliphatic rings. The Morgan fingerprint density at radius 1 is 1.30 bits per heavy atom. The molecule has 0 aliphatic carbocycles. The lowest BCUT2D eigenvalue weighted by Crippen LogP contribution is -2.19. The van der Waals surface area contributed by atoms with Gasteiger partial charge in [-0.05, 0) is 19.5 Å². The maximum Gasteiger partial charge on any atom is 0.0947 e. The van der Waals surface area contributed by atoms with Crippen LogP contribution < -0.4 is 5.32 Å². The molecule has 1 N–H and O–H groups in total. The molecule has 0 fully saturated rings. The summed E-state index contributed by atoms with van der Waals surface area (Å²) in [4.78, 5) is 4.80. The smallest absolute Gasteiger partial charge is 0.0947 e. The summed E-state index contributed by atoms with van der Waals surface area (Å²) in [6.45, 7) is 8.77. The van der Waals surface area contributed by atoms with E-state index in [4.69, 9.17) is 4.98 Å². The minimum absolute atomic E-state index is 0.132. The van der Waals surface area contributed by atoms with Crippen LogP contribution in [0, 0.1) is 6.92 Å². The summed E-state index contributed by atoms with van der Waals surface area (Å²) in [5.74, 6) is 0. The molecular formula is C17H24N2S. The number of nitrogens with one attached hydrogen (secondary N) is 1. The predicted molar refractivity (Wildman–Crippen MR) is 87.5 cm³/mol. The van der Waals surface area contributed by atoms with Gasteiger partial charge in [-0.1, -0.05) is 50.6 Å². The van der Waals surface area contributed by atoms with Crippen LogP contribution in [-0.2, 0) is 11.8 Å². The molecular weight excluding hydrogens is 264 g/mol. The number of thiazole rings is 1. The Morgan fingerprint density at radius 3 is 2.60 bits per heavy atom. The predicted octanol–water partition coefficient (Wildman–Crippen LogP) is 4.25. The van der Waals surface area contributed by atoms with Gasteiger partial charge in [-0.25, -0.2) is 4.98 Å². The van der Waals surface area contributed by atoms with Gasteiger partial charge in [0.05, 0.1) is 10.7 Å². The van der Waals surface area contributed by atoms with Gasteiger partial charge in [0.1, 0.15) is 0 Å². The van der Waals surface area contributed by atoms with Crippen LogP contribution in [0.25, 0.3) is 0 Å². The van der Waals surface area contributed by atoms with E-state index >= 15 is 0 Å². The average Bonchev–Trinajstić information content (AvgIpc) is 2.84. The van der Waals surface area contributed by atoms with Crippen molar-refractivity contribution in [2.45, 2.75) is 45.6 Å². The number of benzene rings is 1. The van der Waals surface area contributed by atoms with E-state index in [1.807, 2.05) is 7.05 Å². The van der Waals surface area contributed by atoms with Crippen LogP contribution in [0.5, 0.6) is 0 Å². The molecule has 0 saturated carbocycles. The van der Waals surface area contributed by atoms with Gasteiger partial charge in [0.25, 0.3) is 0 Å². The largest absolute Gasteiger partial charge is 0.313 e. The standard InChI is InChI=1S/C17H24N2S/c1-12-7-6-8-13(9-12)14(18-5)10-16-19-15(11-20-16)17(2,3)4/h6-9,11,14,18H,10H2,1-5H3. The topological polar surface area (TPSA) is 24.9 Å². The third-order valence-corrected chi connectivity index (χ3v) is 4.36. The highest BCUT2D eigenvalue weighted by Crippen LogP contribution is 2.26. The molecule has 108 valence electrons. The van der Waals surface area contributed by atoms with Gasteiger partial charge in [0, 0.05) is 23.3 Å². The lowest BCUT2D eigenvalue weighted by atomic mass is 9.93. The van der Waals surface area contributed by atoms with Gasteiger partial charge in [-0.15, -0.1) is 11.3 Å². The normalized spacial score (nSPS) is 13.4. The van der Waals surface area contributed by atoms with E-state index in [-0.39, 0.29) is 5.41 Å². The Balaban J connectivity index is 2.16. The van der Waals surface area contributed by atoms with E-state index in [2.05, 4.69) is 62.7 Å². The number of likely N-dealkylation sites (N-methyl/N-ethyl adjacent to an activating group) is 1. The molecule has 0 bridgehead atoms. The Kier molecular flexibility index (Phi) is 4.61. The van der Waals surface area contributed by atoms with Crippen molar-refractivity contribution in [3.8, 4) is 0 Å². The summed E-state index contributed by atoms with van der Waals surface area (Å²) >= 11 is 1.77. The number of aromatic nitrogens is 1. The summed E-state index contributed by atoms with van der Waals surface area (Å²) in [6.07, 6.45) is 0.945. The minimum atomic E-state index is 0.132. The monoisotopic (exact) mass is 288 g/mol. The van der Waals surface area contributed by atoms with Crippen molar-refractivity contribution in [2.24, 2.45) is 0 Å². The fourth-order valence-electron chi connectivity index (χ4n) is 2.20. The van der Waals surface area contributed by atoms with Crippen molar-refractivity contribution >= 4 is 11.3 Å². The zero-order valence-corrected chi connectivity index (χ0v) is 13.8. The fourth-order valence-corrected chi connectivity index (χ4v) is 3.27. The number of hydrogen-bond acceptors (Lipinski definition) is 3. The van der Waals surface area contributed by atoms with Crippen LogP contribution >= 0.6 is 11.3 Å². The van der Waals surface area contributed by atoms with Crippen LogP contribution in [0.4, 0.5) is 0 Å². The Hall–Kier alpha value is -1.19. The number of nitrogens with zero attached hydrogens (tertiary/aromatic N) is 1. The van der Waals surface area contributed by atoms with Gasteiger partial charge in [0.2, 0.25) is 0 Å². The van der Waals surface area contributed by atoms with E-state index < -0.39 is 0 Å². The maximum absolute atomic E-state index is 4.80. The van der Waals surface area contributed by atoms with E-state index in [9.17, 15) is 0 Å². The molecule has 2 aromatic rings. The molecule has 1 aromatic heterocycles. The molecule has 3 heteroatoms. The third kappa shape index (κ3) is 3.68. The first kappa shape index (κ1) is 15.2. The van der Waals surface area contributed by atoms with Crippen molar-refractivity contribution in [2.75, 3.05) is 7.05 Å². The van der Waals surface area contributed by atoms with E-state index in [0.29, 0.717) is 6.04 Å². The summed E-state index contributed by atoms with van der Waals surface area (Å²) < 4.78 is 0. The van der Waals surface area contributed by atoms with Crippen LogP contribution in [0.2, 0.25) is 0 Å². The zero-order chi connectivity index (χ0) is 14.8. The van der Waals surface area contributed by atoms with E-state index in [1.165, 1.54) is 21.8 Å². The first-order valence-corrected chi connectivity index (χ1v) is 7.97. The molecule has 0 aliphatic heterocycles. The van der Waals surface area contributed by atoms with Crippen LogP contribution in [0.3, 0.4) is 0 Å². The summed E-state index contributed by atoms with van der Waals surface area (Å²) in [7, 11) is 2.02. The first-order valence-electron chi connectivity index (χ1n) is 7.09. The Morgan fingerprint density at radius 2 is 2.05 bits per heavy atom. The van der Waals surface area contributed by atoms with Gasteiger partial charge in [0.15, 0.2) is 0 Å². The number of rotatable bonds is 4. The third-order valence-electron chi connectivity index (χ3n) is 3.49. The van der Waals surface area contributed by atoms with Crippen LogP contribution in [0.1, 0.15) is 48.6 Å². The molecule has 0 amide bonds. The number of hydrogen-bond donors (Lipinski definition) is 1. The van der Waals surface area contributed by atoms with Crippen molar-refractivity contribution in [3.05, 3.63) is 51.5 Å². The van der Waals surface area contributed by atoms with Gasteiger partial charge in [-0.2, -0.15) is 0 Å². The van der Waals surface area contributed by atoms with Gasteiger partial charge < -0.3 is 5.32 Å². The highest BCUT2D eigenvalue weighted by molar-refractivity contribution is 7.09. The second-order valence-corrected chi connectivity index (χ2v) is 7.28. The van der Waals surface area contributed by atoms with Gasteiger partial charge >= 0.3 is 0 Å². The highest BCUT2D eigenvalue weighted by Gasteiger charge is 2.19. The van der Waals surface area contributed by atoms with Gasteiger partial charge in [-0.3, -0.25) is 0 Å². The summed E-state index contributed by atoms with van der Waals surface area (Å²) in [5.41, 5.74) is 3.96. The van der Waals surface area contributed by atoms with E-state index in [0.717, 1.165) is 6.42 Å². The SMILES string of the molecule is CNC(Cc1nc(C(C)(C)C)cs1)c1cccc(C)c1. The highest BCUT2D eigenvalue weighted by atomic mass is 32.1. The van der Waals surface area contributed by atoms with Crippen LogP contribution in [0.15, 0.2) is 29.6 Å². The molecule has 1 aromatic carbocycles. The molecule has 0 radical (unpaired) electrons. The van der Waals surface area contributed by atoms with Crippen molar-refractivity contribution < 1.29 is 0 Å². The molecule has 1 atom stereocenters. The number of aryl methyl sites for hydroxylation is 1. The molecule has 1 unspecified atom stereocenters. The Labute approximate surface area is 126 Å². The zero-order valence-electron chi connectivity index (χ0n) is 13.0. The Bertz CT molecular complexity index is 566. The second-order valence-electron chi connectivity index (χ2n) is 6.34. The molecule has 1 heterocycles. The quantitative estimate of drug-likeness (QED) is 0.909. The van der Waals surface area contributed by atoms with Crippen molar-refractivity contribution in [1.29, 1.82) is 0 Å². The van der Waals surface area contributed by atoms with Crippen LogP contribution in [-0.4, -0.2) is 12.0 Å². The average molecular weight is 288 g/mol. The molecule has 2 nitrogen and oxygen atoms in total. The second kappa shape index (κ2) is 6.06.